The van der Waals surface area contributed by atoms with Crippen LogP contribution in [0.2, 0.25) is 0 Å². The van der Waals surface area contributed by atoms with Gasteiger partial charge in [0.2, 0.25) is 12.7 Å². The lowest BCUT2D eigenvalue weighted by molar-refractivity contribution is 0.0411. The van der Waals surface area contributed by atoms with Crippen LogP contribution in [0.5, 0.6) is 11.6 Å². The van der Waals surface area contributed by atoms with Crippen LogP contribution in [0.3, 0.4) is 0 Å². The molecule has 2 aromatic carbocycles. The number of piperazine rings is 1. The smallest absolute Gasteiger partial charge is 0.412 e. The van der Waals surface area contributed by atoms with Crippen LogP contribution in [0.15, 0.2) is 53.4 Å². The molecule has 1 saturated heterocycles. The van der Waals surface area contributed by atoms with Crippen LogP contribution in [0.1, 0.15) is 18.4 Å². The van der Waals surface area contributed by atoms with E-state index in [1.165, 1.54) is 27.7 Å². The van der Waals surface area contributed by atoms with E-state index in [1.807, 2.05) is 36.0 Å². The number of benzene rings is 2. The molecule has 1 fully saturated rings. The number of carbonyl (C=O) groups is 1. The lowest BCUT2D eigenvalue weighted by Crippen LogP contribution is -2.47. The second-order valence-electron chi connectivity index (χ2n) is 9.81. The van der Waals surface area contributed by atoms with Crippen LogP contribution in [0, 0.1) is 0 Å². The molecule has 0 N–H and O–H groups in total. The maximum Gasteiger partial charge on any atom is 0.412 e. The van der Waals surface area contributed by atoms with Crippen molar-refractivity contribution in [2.45, 2.75) is 24.2 Å². The van der Waals surface area contributed by atoms with Crippen LogP contribution in [0.4, 0.5) is 10.5 Å². The molecule has 3 aromatic rings. The highest BCUT2D eigenvalue weighted by Crippen LogP contribution is 2.37. The van der Waals surface area contributed by atoms with Gasteiger partial charge in [0.1, 0.15) is 5.75 Å². The number of anilines is 1. The Morgan fingerprint density at radius 2 is 1.87 bits per heavy atom. The normalized spacial score (nSPS) is 15.4. The molecule has 8 nitrogen and oxygen atoms in total. The number of hydrogen-bond acceptors (Lipinski definition) is 8. The average Bonchev–Trinajstić information content (AvgIpc) is 3.42. The average molecular weight is 537 g/mol. The first-order valence-corrected chi connectivity index (χ1v) is 14.3. The summed E-state index contributed by atoms with van der Waals surface area (Å²) in [5.41, 5.74) is 3.79. The summed E-state index contributed by atoms with van der Waals surface area (Å²) in [5.74, 6) is 2.41. The molecule has 0 bridgehead atoms. The van der Waals surface area contributed by atoms with Crippen molar-refractivity contribution in [1.29, 1.82) is 0 Å². The zero-order valence-electron chi connectivity index (χ0n) is 22.2. The fraction of sp³-hybridized carbons (Fsp3) is 0.448. The van der Waals surface area contributed by atoms with Gasteiger partial charge >= 0.3 is 6.09 Å². The summed E-state index contributed by atoms with van der Waals surface area (Å²) in [4.78, 5) is 24.0. The van der Waals surface area contributed by atoms with Gasteiger partial charge in [-0.15, -0.1) is 11.8 Å². The van der Waals surface area contributed by atoms with Gasteiger partial charge in [0.15, 0.2) is 0 Å². The quantitative estimate of drug-likeness (QED) is 0.268. The summed E-state index contributed by atoms with van der Waals surface area (Å²) in [5, 5.41) is 0.994. The van der Waals surface area contributed by atoms with Gasteiger partial charge in [0.25, 0.3) is 0 Å². The fourth-order valence-electron chi connectivity index (χ4n) is 4.86. The Labute approximate surface area is 228 Å². The van der Waals surface area contributed by atoms with Crippen LogP contribution < -0.4 is 14.4 Å². The van der Waals surface area contributed by atoms with Crippen molar-refractivity contribution < 1.29 is 19.0 Å². The highest BCUT2D eigenvalue weighted by Gasteiger charge is 2.22. The van der Waals surface area contributed by atoms with Crippen molar-refractivity contribution >= 4 is 34.4 Å². The summed E-state index contributed by atoms with van der Waals surface area (Å²) >= 11 is 1.99. The largest absolute Gasteiger partial charge is 0.494 e. The van der Waals surface area contributed by atoms with Gasteiger partial charge in [-0.05, 0) is 61.7 Å². The van der Waals surface area contributed by atoms with Gasteiger partial charge < -0.3 is 24.0 Å². The van der Waals surface area contributed by atoms with E-state index >= 15 is 0 Å². The second-order valence-corrected chi connectivity index (χ2v) is 10.9. The number of amides is 1. The number of ether oxygens (including phenoxy) is 3. The summed E-state index contributed by atoms with van der Waals surface area (Å²) < 4.78 is 16.5. The van der Waals surface area contributed by atoms with E-state index < -0.39 is 6.09 Å². The van der Waals surface area contributed by atoms with Crippen molar-refractivity contribution in [1.82, 2.24) is 14.8 Å². The molecule has 0 atom stereocenters. The zero-order valence-corrected chi connectivity index (χ0v) is 23.0. The fourth-order valence-corrected chi connectivity index (χ4v) is 5.94. The molecule has 0 unspecified atom stereocenters. The van der Waals surface area contributed by atoms with E-state index in [2.05, 4.69) is 33.0 Å². The number of unbranched alkanes of at least 4 members (excludes halogenated alkanes) is 1. The third-order valence-electron chi connectivity index (χ3n) is 6.96. The predicted octanol–water partition coefficient (Wildman–Crippen LogP) is 4.90. The van der Waals surface area contributed by atoms with Gasteiger partial charge in [-0.25, -0.2) is 9.78 Å². The van der Waals surface area contributed by atoms with E-state index in [1.54, 1.807) is 25.7 Å². The maximum absolute atomic E-state index is 11.5. The molecule has 2 aliphatic rings. The molecule has 0 radical (unpaired) electrons. The molecular formula is C29H36N4O4S. The lowest BCUT2D eigenvalue weighted by Gasteiger charge is -2.37. The Morgan fingerprint density at radius 1 is 1.03 bits per heavy atom. The Balaban J connectivity index is 1.02. The summed E-state index contributed by atoms with van der Waals surface area (Å²) in [6, 6.07) is 16.4. The SMILES string of the molecule is CN(C)C(=O)OCOc1ccc2ccc(OCCCCN3CCN(c4cccc5c4CCS5)CC3)cc2n1. The second kappa shape index (κ2) is 12.6. The van der Waals surface area contributed by atoms with Crippen LogP contribution in [0.25, 0.3) is 10.9 Å². The first-order chi connectivity index (χ1) is 18.6. The van der Waals surface area contributed by atoms with Crippen molar-refractivity contribution in [3.05, 3.63) is 54.1 Å². The minimum absolute atomic E-state index is 0.186. The Hall–Kier alpha value is -3.17. The number of pyridine rings is 1. The monoisotopic (exact) mass is 536 g/mol. The molecule has 0 saturated carbocycles. The van der Waals surface area contributed by atoms with Gasteiger partial charge in [-0.2, -0.15) is 0 Å². The highest BCUT2D eigenvalue weighted by atomic mass is 32.2. The van der Waals surface area contributed by atoms with Crippen molar-refractivity contribution in [3.63, 3.8) is 0 Å². The van der Waals surface area contributed by atoms with Gasteiger partial charge in [0, 0.05) is 74.1 Å². The molecule has 202 valence electrons. The molecular weight excluding hydrogens is 500 g/mol. The van der Waals surface area contributed by atoms with E-state index in [4.69, 9.17) is 14.2 Å². The molecule has 1 aromatic heterocycles. The minimum Gasteiger partial charge on any atom is -0.494 e. The van der Waals surface area contributed by atoms with Gasteiger partial charge in [0.05, 0.1) is 12.1 Å². The first kappa shape index (κ1) is 26.4. The number of hydrogen-bond donors (Lipinski definition) is 0. The van der Waals surface area contributed by atoms with Crippen LogP contribution >= 0.6 is 11.8 Å². The van der Waals surface area contributed by atoms with Gasteiger partial charge in [-0.3, -0.25) is 4.90 Å². The zero-order chi connectivity index (χ0) is 26.3. The van der Waals surface area contributed by atoms with Crippen LogP contribution in [-0.4, -0.2) is 86.8 Å². The standard InChI is InChI=1S/C29H36N4O4S/c1-31(2)29(34)37-21-36-28-11-9-22-8-10-23(20-25(22)30-28)35-18-4-3-13-32-14-16-33(17-15-32)26-6-5-7-27-24(26)12-19-38-27/h5-11,20H,3-4,12-19,21H2,1-2H3. The third kappa shape index (κ3) is 6.63. The number of aromatic nitrogens is 1. The van der Waals surface area contributed by atoms with Crippen molar-refractivity contribution in [2.75, 3.05) is 70.9 Å². The Bertz CT molecular complexity index is 1250. The third-order valence-corrected chi connectivity index (χ3v) is 8.06. The summed E-state index contributed by atoms with van der Waals surface area (Å²) in [6.07, 6.45) is 2.87. The lowest BCUT2D eigenvalue weighted by atomic mass is 10.1. The molecule has 3 heterocycles. The molecule has 38 heavy (non-hydrogen) atoms. The molecule has 0 spiro atoms. The number of nitrogens with zero attached hydrogens (tertiary/aromatic N) is 4. The van der Waals surface area contributed by atoms with Crippen molar-refractivity contribution in [3.8, 4) is 11.6 Å². The van der Waals surface area contributed by atoms with E-state index in [-0.39, 0.29) is 6.79 Å². The molecule has 1 amide bonds. The summed E-state index contributed by atoms with van der Waals surface area (Å²) in [7, 11) is 3.24. The topological polar surface area (TPSA) is 67.4 Å². The number of thioether (sulfide) groups is 1. The molecule has 5 rings (SSSR count). The highest BCUT2D eigenvalue weighted by molar-refractivity contribution is 7.99. The first-order valence-electron chi connectivity index (χ1n) is 13.3. The van der Waals surface area contributed by atoms with Gasteiger partial charge in [-0.1, -0.05) is 6.07 Å². The Kier molecular flexibility index (Phi) is 8.75. The van der Waals surface area contributed by atoms with E-state index in [0.717, 1.165) is 62.2 Å². The molecule has 2 aliphatic heterocycles. The Morgan fingerprint density at radius 3 is 2.71 bits per heavy atom. The van der Waals surface area contributed by atoms with Crippen LogP contribution in [-0.2, 0) is 11.2 Å². The van der Waals surface area contributed by atoms with E-state index in [0.29, 0.717) is 12.5 Å². The molecule has 0 aliphatic carbocycles. The van der Waals surface area contributed by atoms with Crippen molar-refractivity contribution in [2.24, 2.45) is 0 Å². The number of rotatable bonds is 10. The molecule has 9 heteroatoms. The number of carbonyl (C=O) groups excluding carboxylic acids is 1. The van der Waals surface area contributed by atoms with E-state index in [9.17, 15) is 4.79 Å². The predicted molar refractivity (Wildman–Crippen MR) is 152 cm³/mol. The summed E-state index contributed by atoms with van der Waals surface area (Å²) in [6.45, 7) is 6.04. The number of fused-ring (bicyclic) bond motifs is 2. The minimum atomic E-state index is -0.460. The maximum atomic E-state index is 11.5.